The first-order chi connectivity index (χ1) is 6.70. The van der Waals surface area contributed by atoms with E-state index in [9.17, 15) is 0 Å². The molecule has 0 spiro atoms. The first kappa shape index (κ1) is 18.4. The molecule has 0 fully saturated rings. The Morgan fingerprint density at radius 3 is 1.80 bits per heavy atom. The maximum atomic E-state index is 2.35. The Kier molecular flexibility index (Phi) is 16.0. The standard InChI is InChI=1S/C14H30.Na.H/c1-5-7-11-14(6-2)12-9-8-10-13(3)4;;/h13-14H,5-12H2,1-4H3;;. The molecule has 88 valence electrons. The van der Waals surface area contributed by atoms with E-state index in [-0.39, 0.29) is 29.6 Å². The summed E-state index contributed by atoms with van der Waals surface area (Å²) in [6, 6.07) is 0. The minimum absolute atomic E-state index is 0. The van der Waals surface area contributed by atoms with Crippen LogP contribution in [0.4, 0.5) is 0 Å². The predicted octanol–water partition coefficient (Wildman–Crippen LogP) is 4.77. The van der Waals surface area contributed by atoms with Gasteiger partial charge in [-0.25, -0.2) is 0 Å². The molecular formula is C14H31Na. The molecule has 15 heavy (non-hydrogen) atoms. The molecule has 0 aromatic carbocycles. The average Bonchev–Trinajstić information content (AvgIpc) is 2.16. The van der Waals surface area contributed by atoms with Crippen LogP contribution in [0.5, 0.6) is 0 Å². The first-order valence-electron chi connectivity index (χ1n) is 6.70. The van der Waals surface area contributed by atoms with Crippen LogP contribution in [0, 0.1) is 11.8 Å². The molecule has 0 aliphatic carbocycles. The van der Waals surface area contributed by atoms with Crippen molar-refractivity contribution in [3.05, 3.63) is 0 Å². The zero-order valence-electron chi connectivity index (χ0n) is 10.8. The maximum absolute atomic E-state index is 2.35. The molecule has 0 aromatic rings. The van der Waals surface area contributed by atoms with Crippen LogP contribution in [0.25, 0.3) is 0 Å². The molecule has 1 unspecified atom stereocenters. The zero-order chi connectivity index (χ0) is 10.8. The van der Waals surface area contributed by atoms with Crippen LogP contribution in [-0.4, -0.2) is 29.6 Å². The fourth-order valence-electron chi connectivity index (χ4n) is 2.03. The van der Waals surface area contributed by atoms with Crippen molar-refractivity contribution in [2.45, 2.75) is 79.1 Å². The summed E-state index contributed by atoms with van der Waals surface area (Å²) in [5.74, 6) is 1.91. The van der Waals surface area contributed by atoms with Gasteiger partial charge in [-0.1, -0.05) is 79.1 Å². The summed E-state index contributed by atoms with van der Waals surface area (Å²) >= 11 is 0. The van der Waals surface area contributed by atoms with Crippen LogP contribution in [0.2, 0.25) is 0 Å². The molecule has 0 heterocycles. The minimum atomic E-state index is 0. The van der Waals surface area contributed by atoms with Crippen LogP contribution in [0.15, 0.2) is 0 Å². The van der Waals surface area contributed by atoms with Gasteiger partial charge in [0.2, 0.25) is 0 Å². The molecule has 1 heteroatoms. The summed E-state index contributed by atoms with van der Waals surface area (Å²) in [5.41, 5.74) is 0. The summed E-state index contributed by atoms with van der Waals surface area (Å²) in [7, 11) is 0. The Morgan fingerprint density at radius 1 is 0.800 bits per heavy atom. The Morgan fingerprint density at radius 2 is 1.33 bits per heavy atom. The zero-order valence-corrected chi connectivity index (χ0v) is 10.8. The van der Waals surface area contributed by atoms with Crippen molar-refractivity contribution in [2.75, 3.05) is 0 Å². The van der Waals surface area contributed by atoms with E-state index >= 15 is 0 Å². The topological polar surface area (TPSA) is 0 Å². The second-order valence-electron chi connectivity index (χ2n) is 5.09. The molecule has 0 aliphatic heterocycles. The van der Waals surface area contributed by atoms with E-state index in [1.807, 2.05) is 0 Å². The van der Waals surface area contributed by atoms with Crippen LogP contribution in [0.1, 0.15) is 79.1 Å². The SMILES string of the molecule is CCCCC(CC)CCCCC(C)C.[NaH]. The molecule has 0 rings (SSSR count). The van der Waals surface area contributed by atoms with Crippen LogP contribution in [0.3, 0.4) is 0 Å². The van der Waals surface area contributed by atoms with Gasteiger partial charge in [-0.2, -0.15) is 0 Å². The third kappa shape index (κ3) is 12.9. The third-order valence-electron chi connectivity index (χ3n) is 3.19. The van der Waals surface area contributed by atoms with Crippen molar-refractivity contribution >= 4 is 29.6 Å². The van der Waals surface area contributed by atoms with Crippen LogP contribution >= 0.6 is 0 Å². The molecule has 0 aliphatic rings. The van der Waals surface area contributed by atoms with E-state index in [0.29, 0.717) is 0 Å². The van der Waals surface area contributed by atoms with Gasteiger partial charge >= 0.3 is 29.6 Å². The van der Waals surface area contributed by atoms with Gasteiger partial charge in [0.15, 0.2) is 0 Å². The number of unbranched alkanes of at least 4 members (excludes halogenated alkanes) is 2. The van der Waals surface area contributed by atoms with Gasteiger partial charge in [-0.3, -0.25) is 0 Å². The van der Waals surface area contributed by atoms with Gasteiger partial charge in [0.05, 0.1) is 0 Å². The Labute approximate surface area is 120 Å². The van der Waals surface area contributed by atoms with Crippen molar-refractivity contribution in [3.8, 4) is 0 Å². The second-order valence-corrected chi connectivity index (χ2v) is 5.09. The number of hydrogen-bond acceptors (Lipinski definition) is 0. The molecule has 0 nitrogen and oxygen atoms in total. The molecule has 0 amide bonds. The number of hydrogen-bond donors (Lipinski definition) is 0. The molecular weight excluding hydrogens is 191 g/mol. The predicted molar refractivity (Wildman–Crippen MR) is 73.8 cm³/mol. The van der Waals surface area contributed by atoms with Crippen LogP contribution in [-0.2, 0) is 0 Å². The molecule has 1 atom stereocenters. The van der Waals surface area contributed by atoms with E-state index < -0.39 is 0 Å². The van der Waals surface area contributed by atoms with Gasteiger partial charge < -0.3 is 0 Å². The molecule has 0 aromatic heterocycles. The quantitative estimate of drug-likeness (QED) is 0.389. The Balaban J connectivity index is 0. The molecule has 0 N–H and O–H groups in total. The second kappa shape index (κ2) is 13.1. The van der Waals surface area contributed by atoms with Crippen molar-refractivity contribution in [1.29, 1.82) is 0 Å². The van der Waals surface area contributed by atoms with Crippen molar-refractivity contribution in [2.24, 2.45) is 11.8 Å². The summed E-state index contributed by atoms with van der Waals surface area (Å²) < 4.78 is 0. The Bertz CT molecular complexity index is 110. The van der Waals surface area contributed by atoms with E-state index in [1.54, 1.807) is 0 Å². The van der Waals surface area contributed by atoms with Gasteiger partial charge in [0.1, 0.15) is 0 Å². The monoisotopic (exact) mass is 222 g/mol. The fourth-order valence-corrected chi connectivity index (χ4v) is 2.03. The summed E-state index contributed by atoms with van der Waals surface area (Å²) in [6.45, 7) is 9.30. The molecule has 0 saturated heterocycles. The Hall–Kier alpha value is 1.00. The summed E-state index contributed by atoms with van der Waals surface area (Å²) in [6.07, 6.45) is 11.5. The van der Waals surface area contributed by atoms with Gasteiger partial charge in [0, 0.05) is 0 Å². The van der Waals surface area contributed by atoms with Gasteiger partial charge in [-0.05, 0) is 11.8 Å². The third-order valence-corrected chi connectivity index (χ3v) is 3.19. The van der Waals surface area contributed by atoms with E-state index in [4.69, 9.17) is 0 Å². The van der Waals surface area contributed by atoms with Gasteiger partial charge in [-0.15, -0.1) is 0 Å². The fraction of sp³-hybridized carbons (Fsp3) is 1.00. The molecule has 0 radical (unpaired) electrons. The van der Waals surface area contributed by atoms with Crippen molar-refractivity contribution in [3.63, 3.8) is 0 Å². The molecule has 0 saturated carbocycles. The van der Waals surface area contributed by atoms with E-state index in [0.717, 1.165) is 11.8 Å². The number of rotatable bonds is 9. The van der Waals surface area contributed by atoms with Crippen LogP contribution < -0.4 is 0 Å². The van der Waals surface area contributed by atoms with Crippen molar-refractivity contribution in [1.82, 2.24) is 0 Å². The van der Waals surface area contributed by atoms with E-state index in [2.05, 4.69) is 27.7 Å². The average molecular weight is 222 g/mol. The van der Waals surface area contributed by atoms with Gasteiger partial charge in [0.25, 0.3) is 0 Å². The normalized spacial score (nSPS) is 12.6. The van der Waals surface area contributed by atoms with Crippen molar-refractivity contribution < 1.29 is 0 Å². The summed E-state index contributed by atoms with van der Waals surface area (Å²) in [4.78, 5) is 0. The molecule has 0 bridgehead atoms. The summed E-state index contributed by atoms with van der Waals surface area (Å²) in [5, 5.41) is 0. The first-order valence-corrected chi connectivity index (χ1v) is 6.70. The van der Waals surface area contributed by atoms with E-state index in [1.165, 1.54) is 51.4 Å².